The molecule has 1 fully saturated rings. The van der Waals surface area contributed by atoms with Gasteiger partial charge in [0.25, 0.3) is 11.6 Å². The predicted molar refractivity (Wildman–Crippen MR) is 108 cm³/mol. The molecule has 1 aliphatic rings. The summed E-state index contributed by atoms with van der Waals surface area (Å²) in [7, 11) is 0. The van der Waals surface area contributed by atoms with E-state index in [-0.39, 0.29) is 11.3 Å². The maximum absolute atomic E-state index is 12.7. The van der Waals surface area contributed by atoms with E-state index in [2.05, 4.69) is 5.32 Å². The first-order valence-electron chi connectivity index (χ1n) is 9.41. The van der Waals surface area contributed by atoms with Gasteiger partial charge in [-0.2, -0.15) is 0 Å². The molecule has 1 atom stereocenters. The van der Waals surface area contributed by atoms with E-state index >= 15 is 0 Å². The Kier molecular flexibility index (Phi) is 5.81. The molecule has 1 heterocycles. The lowest BCUT2D eigenvalue weighted by Gasteiger charge is -2.19. The number of amides is 1. The number of nitrogens with zero attached hydrogens (tertiary/aromatic N) is 2. The first-order chi connectivity index (χ1) is 13.8. The van der Waals surface area contributed by atoms with E-state index in [1.165, 1.54) is 12.1 Å². The van der Waals surface area contributed by atoms with Crippen LogP contribution in [-0.2, 0) is 4.79 Å². The number of nitro groups is 1. The van der Waals surface area contributed by atoms with Crippen LogP contribution in [0.15, 0.2) is 36.4 Å². The monoisotopic (exact) mass is 397 g/mol. The summed E-state index contributed by atoms with van der Waals surface area (Å²) in [6.45, 7) is 5.16. The van der Waals surface area contributed by atoms with E-state index in [0.29, 0.717) is 11.3 Å². The Labute approximate surface area is 168 Å². The molecule has 152 valence electrons. The largest absolute Gasteiger partial charge is 0.479 e. The quantitative estimate of drug-likeness (QED) is 0.571. The minimum atomic E-state index is -1.25. The summed E-state index contributed by atoms with van der Waals surface area (Å²) in [6.07, 6.45) is 1.94. The number of benzene rings is 2. The zero-order chi connectivity index (χ0) is 21.1. The van der Waals surface area contributed by atoms with Gasteiger partial charge in [0, 0.05) is 24.7 Å². The zero-order valence-corrected chi connectivity index (χ0v) is 16.3. The van der Waals surface area contributed by atoms with E-state index < -0.39 is 22.8 Å². The third-order valence-electron chi connectivity index (χ3n) is 4.98. The van der Waals surface area contributed by atoms with Crippen molar-refractivity contribution in [2.45, 2.75) is 32.7 Å². The van der Waals surface area contributed by atoms with Crippen LogP contribution in [0.25, 0.3) is 0 Å². The third kappa shape index (κ3) is 4.53. The molecule has 0 aromatic heterocycles. The Hall–Kier alpha value is -3.42. The maximum atomic E-state index is 12.7. The van der Waals surface area contributed by atoms with Crippen molar-refractivity contribution < 1.29 is 19.6 Å². The summed E-state index contributed by atoms with van der Waals surface area (Å²) in [6, 6.07) is 8.32. The van der Waals surface area contributed by atoms with Gasteiger partial charge in [-0.3, -0.25) is 14.9 Å². The van der Waals surface area contributed by atoms with E-state index in [1.807, 2.05) is 24.8 Å². The third-order valence-corrected chi connectivity index (χ3v) is 4.98. The average Bonchev–Trinajstić information content (AvgIpc) is 3.18. The van der Waals surface area contributed by atoms with E-state index in [4.69, 9.17) is 0 Å². The second-order valence-electron chi connectivity index (χ2n) is 7.32. The van der Waals surface area contributed by atoms with Crippen LogP contribution in [-0.4, -0.2) is 35.0 Å². The Balaban J connectivity index is 1.89. The van der Waals surface area contributed by atoms with Crippen LogP contribution in [0.2, 0.25) is 0 Å². The SMILES string of the molecule is Cc1cc(C)cc(C(NC(=O)c2ccc(N3CCCC3)c([N+](=O)[O-])c2)C(=O)O)c1. The molecule has 8 heteroatoms. The molecule has 2 aromatic carbocycles. The molecular weight excluding hydrogens is 374 g/mol. The minimum absolute atomic E-state index is 0.0512. The number of nitrogens with one attached hydrogen (secondary N) is 1. The maximum Gasteiger partial charge on any atom is 0.330 e. The number of nitro benzene ring substituents is 1. The van der Waals surface area contributed by atoms with Gasteiger partial charge in [0.1, 0.15) is 5.69 Å². The molecule has 29 heavy (non-hydrogen) atoms. The van der Waals surface area contributed by atoms with Gasteiger partial charge in [-0.05, 0) is 44.4 Å². The fraction of sp³-hybridized carbons (Fsp3) is 0.333. The molecule has 8 nitrogen and oxygen atoms in total. The molecule has 0 bridgehead atoms. The average molecular weight is 397 g/mol. The van der Waals surface area contributed by atoms with Crippen molar-refractivity contribution in [3.05, 3.63) is 68.8 Å². The van der Waals surface area contributed by atoms with Crippen molar-refractivity contribution in [3.63, 3.8) is 0 Å². The van der Waals surface area contributed by atoms with Gasteiger partial charge in [-0.25, -0.2) is 4.79 Å². The van der Waals surface area contributed by atoms with Crippen LogP contribution in [0.1, 0.15) is 45.9 Å². The highest BCUT2D eigenvalue weighted by atomic mass is 16.6. The molecule has 2 N–H and O–H groups in total. The number of hydrogen-bond acceptors (Lipinski definition) is 5. The second-order valence-corrected chi connectivity index (χ2v) is 7.32. The summed E-state index contributed by atoms with van der Waals surface area (Å²) < 4.78 is 0. The fourth-order valence-electron chi connectivity index (χ4n) is 3.71. The zero-order valence-electron chi connectivity index (χ0n) is 16.3. The van der Waals surface area contributed by atoms with Gasteiger partial charge in [-0.1, -0.05) is 29.3 Å². The number of carbonyl (C=O) groups is 2. The number of aryl methyl sites for hydroxylation is 2. The molecule has 0 aliphatic carbocycles. The Morgan fingerprint density at radius 2 is 1.72 bits per heavy atom. The molecule has 1 saturated heterocycles. The molecule has 1 unspecified atom stereocenters. The normalized spacial score (nSPS) is 14.5. The Morgan fingerprint density at radius 1 is 1.10 bits per heavy atom. The highest BCUT2D eigenvalue weighted by Gasteiger charge is 2.27. The number of aliphatic carboxylic acids is 1. The summed E-state index contributed by atoms with van der Waals surface area (Å²) in [4.78, 5) is 37.4. The molecule has 1 aliphatic heterocycles. The predicted octanol–water partition coefficient (Wildman–Crippen LogP) is 3.37. The lowest BCUT2D eigenvalue weighted by molar-refractivity contribution is -0.384. The smallest absolute Gasteiger partial charge is 0.330 e. The van der Waals surface area contributed by atoms with Crippen LogP contribution < -0.4 is 10.2 Å². The van der Waals surface area contributed by atoms with Gasteiger partial charge in [0.05, 0.1) is 4.92 Å². The van der Waals surface area contributed by atoms with Gasteiger partial charge in [-0.15, -0.1) is 0 Å². The van der Waals surface area contributed by atoms with Crippen molar-refractivity contribution >= 4 is 23.3 Å². The van der Waals surface area contributed by atoms with E-state index in [1.54, 1.807) is 18.2 Å². The molecule has 3 rings (SSSR count). The summed E-state index contributed by atoms with van der Waals surface area (Å²) in [5.74, 6) is -1.88. The molecule has 1 amide bonds. The summed E-state index contributed by atoms with van der Waals surface area (Å²) >= 11 is 0. The van der Waals surface area contributed by atoms with Crippen LogP contribution in [0, 0.1) is 24.0 Å². The van der Waals surface area contributed by atoms with Crippen molar-refractivity contribution in [3.8, 4) is 0 Å². The van der Waals surface area contributed by atoms with E-state index in [0.717, 1.165) is 37.1 Å². The minimum Gasteiger partial charge on any atom is -0.479 e. The fourth-order valence-corrected chi connectivity index (χ4v) is 3.71. The Bertz CT molecular complexity index is 947. The summed E-state index contributed by atoms with van der Waals surface area (Å²) in [5, 5.41) is 23.6. The lowest BCUT2D eigenvalue weighted by atomic mass is 10.0. The van der Waals surface area contributed by atoms with Gasteiger partial charge >= 0.3 is 5.97 Å². The highest BCUT2D eigenvalue weighted by molar-refractivity contribution is 5.98. The van der Waals surface area contributed by atoms with Crippen molar-refractivity contribution in [1.29, 1.82) is 0 Å². The highest BCUT2D eigenvalue weighted by Crippen LogP contribution is 2.32. The molecular formula is C21H23N3O5. The van der Waals surface area contributed by atoms with Gasteiger partial charge in [0.15, 0.2) is 6.04 Å². The lowest BCUT2D eigenvalue weighted by Crippen LogP contribution is -2.34. The van der Waals surface area contributed by atoms with Crippen molar-refractivity contribution in [1.82, 2.24) is 5.32 Å². The second kappa shape index (κ2) is 8.30. The van der Waals surface area contributed by atoms with Crippen molar-refractivity contribution in [2.75, 3.05) is 18.0 Å². The molecule has 0 radical (unpaired) electrons. The number of carbonyl (C=O) groups excluding carboxylic acids is 1. The van der Waals surface area contributed by atoms with E-state index in [9.17, 15) is 24.8 Å². The summed E-state index contributed by atoms with van der Waals surface area (Å²) in [5.41, 5.74) is 2.59. The van der Waals surface area contributed by atoms with Crippen LogP contribution in [0.3, 0.4) is 0 Å². The number of carboxylic acids is 1. The standard InChI is InChI=1S/C21H23N3O5/c1-13-9-14(2)11-16(10-13)19(21(26)27)22-20(25)15-5-6-17(18(12-15)24(28)29)23-7-3-4-8-23/h5-6,9-12,19H,3-4,7-8H2,1-2H3,(H,22,25)(H,26,27). The molecule has 2 aromatic rings. The van der Waals surface area contributed by atoms with Crippen molar-refractivity contribution in [2.24, 2.45) is 0 Å². The van der Waals surface area contributed by atoms with Crippen LogP contribution >= 0.6 is 0 Å². The first-order valence-corrected chi connectivity index (χ1v) is 9.41. The molecule has 0 saturated carbocycles. The van der Waals surface area contributed by atoms with Crippen LogP contribution in [0.5, 0.6) is 0 Å². The topological polar surface area (TPSA) is 113 Å². The van der Waals surface area contributed by atoms with Crippen LogP contribution in [0.4, 0.5) is 11.4 Å². The number of hydrogen-bond donors (Lipinski definition) is 2. The number of carboxylic acid groups (broad SMARTS) is 1. The molecule has 0 spiro atoms. The van der Waals surface area contributed by atoms with Gasteiger partial charge in [0.2, 0.25) is 0 Å². The first kappa shape index (κ1) is 20.3. The number of anilines is 1. The van der Waals surface area contributed by atoms with Gasteiger partial charge < -0.3 is 15.3 Å². The number of rotatable bonds is 6. The Morgan fingerprint density at radius 3 is 2.28 bits per heavy atom.